The van der Waals surface area contributed by atoms with Crippen molar-refractivity contribution in [2.24, 2.45) is 0 Å². The predicted molar refractivity (Wildman–Crippen MR) is 93.3 cm³/mol. The lowest BCUT2D eigenvalue weighted by molar-refractivity contribution is -0.609. The highest BCUT2D eigenvalue weighted by Gasteiger charge is 2.27. The van der Waals surface area contributed by atoms with E-state index in [0.717, 1.165) is 12.1 Å². The van der Waals surface area contributed by atoms with Crippen LogP contribution in [0.5, 0.6) is 11.5 Å². The van der Waals surface area contributed by atoms with Gasteiger partial charge < -0.3 is 19.8 Å². The van der Waals surface area contributed by atoms with E-state index in [0.29, 0.717) is 21.6 Å². The van der Waals surface area contributed by atoms with Crippen molar-refractivity contribution in [3.8, 4) is 34.4 Å². The molecule has 27 heavy (non-hydrogen) atoms. The van der Waals surface area contributed by atoms with Crippen molar-refractivity contribution < 1.29 is 24.3 Å². The van der Waals surface area contributed by atoms with Crippen LogP contribution in [0, 0.1) is 36.1 Å². The van der Waals surface area contributed by atoms with Crippen LogP contribution in [0.2, 0.25) is 5.15 Å². The van der Waals surface area contributed by atoms with Gasteiger partial charge in [0.1, 0.15) is 5.56 Å². The monoisotopic (exact) mass is 392 g/mol. The Kier molecular flexibility index (Phi) is 4.36. The fraction of sp³-hybridized carbons (Fsp3) is 0.188. The van der Waals surface area contributed by atoms with Crippen LogP contribution in [0.25, 0.3) is 22.9 Å². The van der Waals surface area contributed by atoms with E-state index >= 15 is 0 Å². The normalized spacial score (nSPS) is 11.0. The van der Waals surface area contributed by atoms with Gasteiger partial charge in [-0.2, -0.15) is 4.73 Å². The summed E-state index contributed by atoms with van der Waals surface area (Å²) in [5, 5.41) is 49.9. The summed E-state index contributed by atoms with van der Waals surface area (Å²) >= 11 is 6.14. The minimum absolute atomic E-state index is 0.0170. The van der Waals surface area contributed by atoms with Crippen LogP contribution in [0.15, 0.2) is 16.5 Å². The molecule has 140 valence electrons. The molecule has 10 nitrogen and oxygen atoms in total. The highest BCUT2D eigenvalue weighted by atomic mass is 35.5. The van der Waals surface area contributed by atoms with Crippen LogP contribution in [0.4, 0.5) is 5.69 Å². The van der Waals surface area contributed by atoms with E-state index in [-0.39, 0.29) is 28.1 Å². The minimum Gasteiger partial charge on any atom is -0.617 e. The van der Waals surface area contributed by atoms with Gasteiger partial charge in [-0.3, -0.25) is 10.1 Å². The lowest BCUT2D eigenvalue weighted by atomic mass is 10.0. The molecule has 0 aliphatic heterocycles. The predicted octanol–water partition coefficient (Wildman–Crippen LogP) is 2.94. The number of aromatic nitrogens is 3. The van der Waals surface area contributed by atoms with E-state index in [1.165, 1.54) is 0 Å². The molecule has 11 heteroatoms. The van der Waals surface area contributed by atoms with Gasteiger partial charge in [-0.25, -0.2) is 0 Å². The molecule has 3 rings (SSSR count). The average Bonchev–Trinajstić information content (AvgIpc) is 3.10. The van der Waals surface area contributed by atoms with Crippen molar-refractivity contribution in [3.05, 3.63) is 49.4 Å². The van der Waals surface area contributed by atoms with Gasteiger partial charge in [-0.15, -0.1) is 10.2 Å². The second-order valence-corrected chi connectivity index (χ2v) is 6.19. The van der Waals surface area contributed by atoms with Crippen molar-refractivity contribution in [1.82, 2.24) is 10.2 Å². The Morgan fingerprint density at radius 1 is 1.15 bits per heavy atom. The van der Waals surface area contributed by atoms with Crippen LogP contribution >= 0.6 is 11.6 Å². The molecule has 0 radical (unpaired) electrons. The maximum absolute atomic E-state index is 12.2. The first-order valence-electron chi connectivity index (χ1n) is 7.56. The summed E-state index contributed by atoms with van der Waals surface area (Å²) < 4.78 is 6.06. The van der Waals surface area contributed by atoms with E-state index in [9.17, 15) is 25.5 Å². The number of benzene rings is 1. The average molecular weight is 393 g/mol. The first-order chi connectivity index (χ1) is 12.6. The molecule has 1 aromatic carbocycles. The van der Waals surface area contributed by atoms with Crippen LogP contribution in [0.3, 0.4) is 0 Å². The number of phenols is 2. The summed E-state index contributed by atoms with van der Waals surface area (Å²) in [7, 11) is 0. The number of hydrogen-bond donors (Lipinski definition) is 2. The molecule has 0 saturated heterocycles. The molecule has 0 atom stereocenters. The van der Waals surface area contributed by atoms with Gasteiger partial charge in [-0.05, 0) is 37.1 Å². The summed E-state index contributed by atoms with van der Waals surface area (Å²) in [6.45, 7) is 5.12. The Balaban J connectivity index is 2.17. The van der Waals surface area contributed by atoms with Gasteiger partial charge in [0.25, 0.3) is 11.0 Å². The molecule has 0 amide bonds. The number of rotatable bonds is 3. The van der Waals surface area contributed by atoms with Crippen LogP contribution in [-0.2, 0) is 0 Å². The molecule has 0 fully saturated rings. The maximum atomic E-state index is 12.2. The summed E-state index contributed by atoms with van der Waals surface area (Å²) in [4.78, 5) is 10.1. The van der Waals surface area contributed by atoms with E-state index in [4.69, 9.17) is 16.0 Å². The molecule has 0 saturated carbocycles. The standard InChI is InChI=1S/C16H13ClN4O6/c1-6-7(2)12(14(17)20(24)8(6)3)16-19-18-15(27-16)9-4-10(21(25)26)13(23)11(22)5-9/h4-5,22-23H,1-3H3. The number of nitro benzene ring substituents is 1. The number of hydrogen-bond acceptors (Lipinski definition) is 8. The van der Waals surface area contributed by atoms with Crippen LogP contribution in [0.1, 0.15) is 16.8 Å². The Morgan fingerprint density at radius 3 is 2.41 bits per heavy atom. The molecule has 3 aromatic rings. The topological polar surface area (TPSA) is 149 Å². The molecule has 0 aliphatic rings. The Bertz CT molecular complexity index is 1070. The molecule has 0 unspecified atom stereocenters. The fourth-order valence-corrected chi connectivity index (χ4v) is 2.92. The summed E-state index contributed by atoms with van der Waals surface area (Å²) in [6, 6.07) is 2.03. The summed E-state index contributed by atoms with van der Waals surface area (Å²) in [5.41, 5.74) is 1.33. The lowest BCUT2D eigenvalue weighted by Crippen LogP contribution is -2.33. The molecule has 0 aliphatic carbocycles. The van der Waals surface area contributed by atoms with E-state index in [1.54, 1.807) is 20.8 Å². The molecule has 0 bridgehead atoms. The first kappa shape index (κ1) is 18.4. The SMILES string of the molecule is Cc1c(C)c(C)[n+]([O-])c(Cl)c1-c1nnc(-c2cc(O)c(O)c([N+](=O)[O-])c2)o1. The van der Waals surface area contributed by atoms with E-state index in [1.807, 2.05) is 0 Å². The van der Waals surface area contributed by atoms with Gasteiger partial charge >= 0.3 is 5.69 Å². The zero-order valence-electron chi connectivity index (χ0n) is 14.3. The largest absolute Gasteiger partial charge is 0.617 e. The second kappa shape index (κ2) is 6.40. The van der Waals surface area contributed by atoms with Gasteiger partial charge in [0.15, 0.2) is 11.4 Å². The number of halogens is 1. The Morgan fingerprint density at radius 2 is 1.78 bits per heavy atom. The van der Waals surface area contributed by atoms with E-state index in [2.05, 4.69) is 10.2 Å². The smallest absolute Gasteiger partial charge is 0.315 e. The quantitative estimate of drug-likeness (QED) is 0.172. The maximum Gasteiger partial charge on any atom is 0.315 e. The van der Waals surface area contributed by atoms with Crippen molar-refractivity contribution >= 4 is 17.3 Å². The Hall–Kier alpha value is -3.40. The van der Waals surface area contributed by atoms with Crippen LogP contribution < -0.4 is 4.73 Å². The third-order valence-corrected chi connectivity index (χ3v) is 4.66. The highest BCUT2D eigenvalue weighted by molar-refractivity contribution is 6.31. The third kappa shape index (κ3) is 2.89. The summed E-state index contributed by atoms with van der Waals surface area (Å²) in [6.07, 6.45) is 0. The van der Waals surface area contributed by atoms with E-state index < -0.39 is 22.1 Å². The lowest BCUT2D eigenvalue weighted by Gasteiger charge is -2.11. The van der Waals surface area contributed by atoms with Crippen molar-refractivity contribution in [1.29, 1.82) is 0 Å². The number of nitrogens with zero attached hydrogens (tertiary/aromatic N) is 4. The number of nitro groups is 1. The molecule has 2 aromatic heterocycles. The fourth-order valence-electron chi connectivity index (χ4n) is 2.57. The zero-order valence-corrected chi connectivity index (χ0v) is 15.1. The number of aromatic hydroxyl groups is 2. The van der Waals surface area contributed by atoms with Gasteiger partial charge in [0.2, 0.25) is 11.6 Å². The highest BCUT2D eigenvalue weighted by Crippen LogP contribution is 2.40. The molecular weight excluding hydrogens is 380 g/mol. The van der Waals surface area contributed by atoms with Gasteiger partial charge in [-0.1, -0.05) is 0 Å². The third-order valence-electron chi connectivity index (χ3n) is 4.32. The minimum atomic E-state index is -0.871. The van der Waals surface area contributed by atoms with Crippen molar-refractivity contribution in [2.75, 3.05) is 0 Å². The number of pyridine rings is 1. The second-order valence-electron chi connectivity index (χ2n) is 5.83. The van der Waals surface area contributed by atoms with Crippen molar-refractivity contribution in [2.45, 2.75) is 20.8 Å². The summed E-state index contributed by atoms with van der Waals surface area (Å²) in [5.74, 6) is -1.80. The van der Waals surface area contributed by atoms with Gasteiger partial charge in [0.05, 0.1) is 4.92 Å². The zero-order chi connectivity index (χ0) is 20.0. The Labute approximate surface area is 157 Å². The number of phenolic OH excluding ortho intramolecular Hbond substituents is 2. The van der Waals surface area contributed by atoms with Crippen LogP contribution in [-0.4, -0.2) is 25.3 Å². The van der Waals surface area contributed by atoms with Gasteiger partial charge in [0, 0.05) is 24.1 Å². The molecule has 0 spiro atoms. The molecule has 2 N–H and O–H groups in total. The first-order valence-corrected chi connectivity index (χ1v) is 7.94. The van der Waals surface area contributed by atoms with Crippen molar-refractivity contribution in [3.63, 3.8) is 0 Å². The molecular formula is C16H13ClN4O6. The molecule has 2 heterocycles.